The van der Waals surface area contributed by atoms with Crippen molar-refractivity contribution >= 4 is 23.6 Å². The number of imidazole rings is 1. The zero-order chi connectivity index (χ0) is 41.8. The molecule has 0 saturated carbocycles. The average molecular weight is 799 g/mol. The fourth-order valence-corrected chi connectivity index (χ4v) is 8.62. The molecule has 0 radical (unpaired) electrons. The Balaban J connectivity index is 1.40. The molecule has 5 heterocycles. The number of ether oxygens (including phenoxy) is 5. The summed E-state index contributed by atoms with van der Waals surface area (Å²) in [6.45, 7) is 13.1. The van der Waals surface area contributed by atoms with E-state index in [4.69, 9.17) is 23.7 Å². The highest BCUT2D eigenvalue weighted by atomic mass is 16.7. The minimum atomic E-state index is -1.27. The van der Waals surface area contributed by atoms with Crippen LogP contribution in [-0.2, 0) is 44.6 Å². The third kappa shape index (κ3) is 9.74. The first kappa shape index (κ1) is 44.3. The Morgan fingerprint density at radius 3 is 2.46 bits per heavy atom. The van der Waals surface area contributed by atoms with Crippen molar-refractivity contribution < 1.29 is 48.0 Å². The summed E-state index contributed by atoms with van der Waals surface area (Å²) in [5.41, 5.74) is 3.62. The minimum Gasteiger partial charge on any atom is -0.458 e. The summed E-state index contributed by atoms with van der Waals surface area (Å²) in [7, 11) is 5.22. The molecule has 13 atom stereocenters. The number of hydrogen-bond donors (Lipinski definition) is 2. The number of aromatic nitrogens is 3. The number of nitrogens with one attached hydrogen (secondary N) is 1. The molecule has 0 spiro atoms. The lowest BCUT2D eigenvalue weighted by Gasteiger charge is -2.46. The number of cyclic esters (lactones) is 1. The first-order valence-electron chi connectivity index (χ1n) is 20.1. The van der Waals surface area contributed by atoms with Gasteiger partial charge in [0.05, 0.1) is 29.8 Å². The molecule has 7 unspecified atom stereocenters. The van der Waals surface area contributed by atoms with E-state index in [1.807, 2.05) is 48.8 Å². The van der Waals surface area contributed by atoms with Crippen LogP contribution < -0.4 is 5.43 Å². The van der Waals surface area contributed by atoms with E-state index >= 15 is 0 Å². The lowest BCUT2D eigenvalue weighted by atomic mass is 9.75. The average Bonchev–Trinajstić information content (AvgIpc) is 3.80. The second-order valence-corrected chi connectivity index (χ2v) is 16.4. The summed E-state index contributed by atoms with van der Waals surface area (Å²) < 4.78 is 32.7. The molecule has 0 aliphatic carbocycles. The molecule has 16 nitrogen and oxygen atoms in total. The molecule has 3 saturated heterocycles. The fourth-order valence-electron chi connectivity index (χ4n) is 8.62. The Morgan fingerprint density at radius 1 is 1.07 bits per heavy atom. The van der Waals surface area contributed by atoms with E-state index in [1.54, 1.807) is 53.3 Å². The Bertz CT molecular complexity index is 1690. The number of ketones is 2. The maximum Gasteiger partial charge on any atom is 0.425 e. The van der Waals surface area contributed by atoms with Gasteiger partial charge in [-0.1, -0.05) is 27.7 Å². The van der Waals surface area contributed by atoms with Crippen LogP contribution in [0.1, 0.15) is 74.1 Å². The van der Waals surface area contributed by atoms with Crippen LogP contribution in [-0.4, -0.2) is 135 Å². The summed E-state index contributed by atoms with van der Waals surface area (Å²) in [6, 6.07) is 2.66. The second-order valence-electron chi connectivity index (χ2n) is 16.4. The Hall–Kier alpha value is -3.80. The molecule has 2 aromatic heterocycles. The highest BCUT2D eigenvalue weighted by Crippen LogP contribution is 2.39. The number of aliphatic hydroxyl groups is 1. The second kappa shape index (κ2) is 18.9. The molecule has 3 aliphatic rings. The number of hydrogen-bond acceptors (Lipinski definition) is 14. The third-order valence-electron chi connectivity index (χ3n) is 12.0. The zero-order valence-corrected chi connectivity index (χ0v) is 35.0. The normalized spacial score (nSPS) is 35.8. The number of fused-ring (bicyclic) bond motifs is 1. The number of hydrazine groups is 1. The molecule has 0 bridgehead atoms. The van der Waals surface area contributed by atoms with Crippen molar-refractivity contribution in [2.75, 3.05) is 27.7 Å². The fraction of sp³-hybridized carbons (Fsp3) is 0.707. The molecule has 3 aliphatic heterocycles. The monoisotopic (exact) mass is 798 g/mol. The standard InChI is InChI=1S/C41H62N6O10/c1-11-31-36-32(47(40(52)56-36)44-16-13-17-46-21-29(43-22-46)28-14-12-15-42-20-28)25(4)33(48)23(2)19-41(7,53-10)37(26(5)34(49)27(6)38(51)55-31)57-39-35(50)30(45(8)9)18-24(3)54-39/h12,14-15,20-27,30-32,35-37,39,44,50H,11,13,16-19H2,1-10H3/t23-,24?,25-,26?,27?,30?,31?,32?,35-,36?,37-,39+,41+/m1/s1. The SMILES string of the molecule is CCC1OC(=O)C(C)C(=O)C(C)[C@@H](O[C@@H]2OC(C)CC(N(C)C)[C@H]2O)[C@@](C)(OC)C[C@@H](C)C(=O)[C@H](C)C2C1OC(=O)N2NCCCn1cnc(-c2cccnc2)c1. The summed E-state index contributed by atoms with van der Waals surface area (Å²) in [6.07, 6.45) is 2.55. The molecule has 16 heteroatoms. The number of nitrogens with zero attached hydrogens (tertiary/aromatic N) is 5. The van der Waals surface area contributed by atoms with Gasteiger partial charge in [-0.2, -0.15) is 0 Å². The maximum absolute atomic E-state index is 14.5. The van der Waals surface area contributed by atoms with Gasteiger partial charge < -0.3 is 38.3 Å². The number of aliphatic hydroxyl groups excluding tert-OH is 1. The van der Waals surface area contributed by atoms with E-state index in [9.17, 15) is 24.3 Å². The third-order valence-corrected chi connectivity index (χ3v) is 12.0. The van der Waals surface area contributed by atoms with Crippen molar-refractivity contribution in [1.82, 2.24) is 29.9 Å². The molecule has 2 aromatic rings. The van der Waals surface area contributed by atoms with Gasteiger partial charge in [-0.3, -0.25) is 19.4 Å². The van der Waals surface area contributed by atoms with Crippen molar-refractivity contribution in [2.45, 2.75) is 135 Å². The first-order valence-corrected chi connectivity index (χ1v) is 20.1. The number of likely N-dealkylation sites (N-methyl/N-ethyl adjacent to an activating group) is 1. The first-order chi connectivity index (χ1) is 27.0. The van der Waals surface area contributed by atoms with Crippen LogP contribution >= 0.6 is 0 Å². The lowest BCUT2D eigenvalue weighted by molar-refractivity contribution is -0.295. The molecule has 316 valence electrons. The molecule has 3 fully saturated rings. The minimum absolute atomic E-state index is 0.117. The predicted octanol–water partition coefficient (Wildman–Crippen LogP) is 3.65. The van der Waals surface area contributed by atoms with Gasteiger partial charge in [0.15, 0.2) is 18.2 Å². The Kier molecular flexibility index (Phi) is 14.7. The van der Waals surface area contributed by atoms with Crippen LogP contribution in [0.4, 0.5) is 4.79 Å². The summed E-state index contributed by atoms with van der Waals surface area (Å²) >= 11 is 0. The molecular formula is C41H62N6O10. The van der Waals surface area contributed by atoms with E-state index in [0.29, 0.717) is 25.9 Å². The van der Waals surface area contributed by atoms with E-state index in [0.717, 1.165) is 11.3 Å². The van der Waals surface area contributed by atoms with Gasteiger partial charge in [0.1, 0.15) is 30.0 Å². The van der Waals surface area contributed by atoms with Crippen molar-refractivity contribution in [2.24, 2.45) is 23.7 Å². The number of Topliss-reactive ketones (excluding diaryl/α,β-unsaturated/α-hetero) is 2. The van der Waals surface area contributed by atoms with Gasteiger partial charge >= 0.3 is 12.1 Å². The van der Waals surface area contributed by atoms with Gasteiger partial charge in [0.2, 0.25) is 0 Å². The van der Waals surface area contributed by atoms with Crippen LogP contribution in [0.25, 0.3) is 11.3 Å². The summed E-state index contributed by atoms with van der Waals surface area (Å²) in [4.78, 5) is 66.7. The molecular weight excluding hydrogens is 736 g/mol. The zero-order valence-electron chi connectivity index (χ0n) is 35.0. The van der Waals surface area contributed by atoms with Crippen molar-refractivity contribution in [3.05, 3.63) is 37.1 Å². The van der Waals surface area contributed by atoms with E-state index < -0.39 is 83.9 Å². The topological polar surface area (TPSA) is 184 Å². The van der Waals surface area contributed by atoms with Crippen LogP contribution in [0.15, 0.2) is 37.1 Å². The smallest absolute Gasteiger partial charge is 0.425 e. The lowest BCUT2D eigenvalue weighted by Crippen LogP contribution is -2.59. The maximum atomic E-state index is 14.5. The molecule has 2 N–H and O–H groups in total. The Morgan fingerprint density at radius 2 is 1.81 bits per heavy atom. The molecule has 5 rings (SSSR count). The molecule has 57 heavy (non-hydrogen) atoms. The largest absolute Gasteiger partial charge is 0.458 e. The molecule has 1 amide bonds. The van der Waals surface area contributed by atoms with Gasteiger partial charge in [-0.05, 0) is 72.7 Å². The number of amides is 1. The Labute approximate surface area is 335 Å². The summed E-state index contributed by atoms with van der Waals surface area (Å²) in [5.74, 6) is -5.05. The highest BCUT2D eigenvalue weighted by Gasteiger charge is 2.54. The number of carbonyl (C=O) groups is 4. The van der Waals surface area contributed by atoms with Crippen molar-refractivity contribution in [1.29, 1.82) is 0 Å². The number of methoxy groups -OCH3 is 1. The number of aryl methyl sites for hydroxylation is 1. The van der Waals surface area contributed by atoms with Gasteiger partial charge in [0, 0.05) is 68.1 Å². The van der Waals surface area contributed by atoms with Crippen molar-refractivity contribution in [3.63, 3.8) is 0 Å². The van der Waals surface area contributed by atoms with E-state index in [2.05, 4.69) is 15.4 Å². The van der Waals surface area contributed by atoms with Crippen LogP contribution in [0.3, 0.4) is 0 Å². The molecule has 0 aromatic carbocycles. The number of carbonyl (C=O) groups excluding carboxylic acids is 4. The highest BCUT2D eigenvalue weighted by molar-refractivity contribution is 6.00. The van der Waals surface area contributed by atoms with E-state index in [-0.39, 0.29) is 30.8 Å². The van der Waals surface area contributed by atoms with Crippen LogP contribution in [0.2, 0.25) is 0 Å². The van der Waals surface area contributed by atoms with Crippen LogP contribution in [0, 0.1) is 23.7 Å². The number of pyridine rings is 1. The van der Waals surface area contributed by atoms with Crippen LogP contribution in [0.5, 0.6) is 0 Å². The number of rotatable bonds is 11. The predicted molar refractivity (Wildman–Crippen MR) is 208 cm³/mol. The van der Waals surface area contributed by atoms with E-state index in [1.165, 1.54) is 19.0 Å². The summed E-state index contributed by atoms with van der Waals surface area (Å²) in [5, 5.41) is 12.8. The van der Waals surface area contributed by atoms with Crippen molar-refractivity contribution in [3.8, 4) is 11.3 Å². The van der Waals surface area contributed by atoms with Gasteiger partial charge in [-0.25, -0.2) is 20.2 Å². The number of esters is 1. The van der Waals surface area contributed by atoms with Gasteiger partial charge in [-0.15, -0.1) is 0 Å². The quantitative estimate of drug-likeness (QED) is 0.191. The van der Waals surface area contributed by atoms with Gasteiger partial charge in [0.25, 0.3) is 0 Å².